The van der Waals surface area contributed by atoms with E-state index in [4.69, 9.17) is 14.2 Å². The van der Waals surface area contributed by atoms with Gasteiger partial charge in [0.2, 0.25) is 0 Å². The summed E-state index contributed by atoms with van der Waals surface area (Å²) in [5.74, 6) is 0.654. The number of rotatable bonds is 8. The summed E-state index contributed by atoms with van der Waals surface area (Å²) in [6.45, 7) is 4.77. The number of methoxy groups -OCH3 is 1. The van der Waals surface area contributed by atoms with Gasteiger partial charge in [-0.3, -0.25) is 9.59 Å². The van der Waals surface area contributed by atoms with E-state index in [1.165, 1.54) is 25.6 Å². The highest BCUT2D eigenvalue weighted by molar-refractivity contribution is 5.94. The number of ether oxygens (including phenoxy) is 3. The first-order chi connectivity index (χ1) is 16.6. The standard InChI is InChI=1S/C26H33N3O5/c1-27(18-21-7-3-4-8-22(21)28-11-5-6-12-28)26(31)20-9-10-23(24(17-20)32-2)34-19-25(30)29-13-15-33-16-14-29/h3-4,7-10,17H,5-6,11-16,18-19H2,1-2H3. The lowest BCUT2D eigenvalue weighted by Crippen LogP contribution is -2.43. The van der Waals surface area contributed by atoms with Crippen LogP contribution in [0.25, 0.3) is 0 Å². The normalized spacial score (nSPS) is 15.8. The molecule has 0 atom stereocenters. The lowest BCUT2D eigenvalue weighted by atomic mass is 10.1. The van der Waals surface area contributed by atoms with Crippen molar-refractivity contribution < 1.29 is 23.8 Å². The van der Waals surface area contributed by atoms with Gasteiger partial charge in [-0.15, -0.1) is 0 Å². The largest absolute Gasteiger partial charge is 0.493 e. The summed E-state index contributed by atoms with van der Waals surface area (Å²) in [6.07, 6.45) is 2.41. The molecule has 2 aliphatic rings. The number of amides is 2. The van der Waals surface area contributed by atoms with Crippen molar-refractivity contribution in [1.29, 1.82) is 0 Å². The molecule has 8 heteroatoms. The Kier molecular flexibility index (Phi) is 7.90. The summed E-state index contributed by atoms with van der Waals surface area (Å²) < 4.78 is 16.5. The Balaban J connectivity index is 1.40. The predicted octanol–water partition coefficient (Wildman–Crippen LogP) is 2.81. The molecule has 2 heterocycles. The van der Waals surface area contributed by atoms with E-state index in [9.17, 15) is 9.59 Å². The van der Waals surface area contributed by atoms with E-state index in [1.807, 2.05) is 12.1 Å². The maximum Gasteiger partial charge on any atom is 0.260 e. The Morgan fingerprint density at radius 3 is 2.47 bits per heavy atom. The number of hydrogen-bond donors (Lipinski definition) is 0. The number of benzene rings is 2. The van der Waals surface area contributed by atoms with Crippen LogP contribution in [0, 0.1) is 0 Å². The van der Waals surface area contributed by atoms with Gasteiger partial charge in [-0.05, 0) is 42.7 Å². The van der Waals surface area contributed by atoms with Crippen molar-refractivity contribution in [3.05, 3.63) is 53.6 Å². The van der Waals surface area contributed by atoms with Crippen molar-refractivity contribution in [3.8, 4) is 11.5 Å². The molecule has 0 aliphatic carbocycles. The van der Waals surface area contributed by atoms with Crippen LogP contribution in [-0.2, 0) is 16.1 Å². The fraction of sp³-hybridized carbons (Fsp3) is 0.462. The van der Waals surface area contributed by atoms with Crippen LogP contribution in [-0.4, -0.2) is 81.8 Å². The number of carbonyl (C=O) groups excluding carboxylic acids is 2. The van der Waals surface area contributed by atoms with Crippen molar-refractivity contribution in [2.45, 2.75) is 19.4 Å². The third-order valence-corrected chi connectivity index (χ3v) is 6.32. The molecule has 2 aliphatic heterocycles. The molecule has 34 heavy (non-hydrogen) atoms. The van der Waals surface area contributed by atoms with Gasteiger partial charge in [0.1, 0.15) is 0 Å². The predicted molar refractivity (Wildman–Crippen MR) is 130 cm³/mol. The number of anilines is 1. The van der Waals surface area contributed by atoms with Gasteiger partial charge in [0, 0.05) is 51.0 Å². The van der Waals surface area contributed by atoms with Gasteiger partial charge < -0.3 is 28.9 Å². The second kappa shape index (κ2) is 11.2. The van der Waals surface area contributed by atoms with E-state index >= 15 is 0 Å². The molecular formula is C26H33N3O5. The van der Waals surface area contributed by atoms with Crippen LogP contribution >= 0.6 is 0 Å². The average Bonchev–Trinajstić information content (AvgIpc) is 3.42. The molecule has 2 aromatic rings. The first kappa shape index (κ1) is 23.9. The van der Waals surface area contributed by atoms with Gasteiger partial charge in [0.05, 0.1) is 20.3 Å². The van der Waals surface area contributed by atoms with Crippen molar-refractivity contribution in [2.24, 2.45) is 0 Å². The molecule has 0 radical (unpaired) electrons. The number of nitrogens with zero attached hydrogens (tertiary/aromatic N) is 3. The molecular weight excluding hydrogens is 434 g/mol. The minimum absolute atomic E-state index is 0.0865. The smallest absolute Gasteiger partial charge is 0.260 e. The Hall–Kier alpha value is -3.26. The van der Waals surface area contributed by atoms with Gasteiger partial charge in [0.25, 0.3) is 11.8 Å². The van der Waals surface area contributed by atoms with Crippen LogP contribution in [0.3, 0.4) is 0 Å². The molecule has 0 N–H and O–H groups in total. The number of para-hydroxylation sites is 1. The van der Waals surface area contributed by atoms with Gasteiger partial charge >= 0.3 is 0 Å². The molecule has 0 aromatic heterocycles. The molecule has 0 saturated carbocycles. The summed E-state index contributed by atoms with van der Waals surface area (Å²) >= 11 is 0. The van der Waals surface area contributed by atoms with E-state index < -0.39 is 0 Å². The fourth-order valence-electron chi connectivity index (χ4n) is 4.42. The molecule has 2 fully saturated rings. The monoisotopic (exact) mass is 467 g/mol. The third kappa shape index (κ3) is 5.62. The summed E-state index contributed by atoms with van der Waals surface area (Å²) in [5.41, 5.74) is 2.84. The quantitative estimate of drug-likeness (QED) is 0.595. The van der Waals surface area contributed by atoms with E-state index in [2.05, 4.69) is 17.0 Å². The molecule has 4 rings (SSSR count). The van der Waals surface area contributed by atoms with Crippen LogP contribution in [0.1, 0.15) is 28.8 Å². The molecule has 2 aromatic carbocycles. The van der Waals surface area contributed by atoms with E-state index in [-0.39, 0.29) is 18.4 Å². The number of carbonyl (C=O) groups is 2. The maximum atomic E-state index is 13.2. The highest BCUT2D eigenvalue weighted by Gasteiger charge is 2.21. The minimum atomic E-state index is -0.106. The van der Waals surface area contributed by atoms with E-state index in [1.54, 1.807) is 35.0 Å². The average molecular weight is 468 g/mol. The first-order valence-electron chi connectivity index (χ1n) is 11.8. The topological polar surface area (TPSA) is 71.6 Å². The molecule has 0 unspecified atom stereocenters. The van der Waals surface area contributed by atoms with Crippen molar-refractivity contribution in [1.82, 2.24) is 9.80 Å². The fourth-order valence-corrected chi connectivity index (χ4v) is 4.42. The molecule has 0 spiro atoms. The van der Waals surface area contributed by atoms with Crippen molar-refractivity contribution in [2.75, 3.05) is 65.1 Å². The summed E-state index contributed by atoms with van der Waals surface area (Å²) in [5, 5.41) is 0. The number of hydrogen-bond acceptors (Lipinski definition) is 6. The highest BCUT2D eigenvalue weighted by Crippen LogP contribution is 2.30. The Morgan fingerprint density at radius 2 is 1.74 bits per heavy atom. The van der Waals surface area contributed by atoms with Crippen molar-refractivity contribution in [3.63, 3.8) is 0 Å². The third-order valence-electron chi connectivity index (χ3n) is 6.32. The van der Waals surface area contributed by atoms with Gasteiger partial charge in [-0.25, -0.2) is 0 Å². The van der Waals surface area contributed by atoms with Crippen LogP contribution in [0.5, 0.6) is 11.5 Å². The SMILES string of the molecule is COc1cc(C(=O)N(C)Cc2ccccc2N2CCCC2)ccc1OCC(=O)N1CCOCC1. The van der Waals surface area contributed by atoms with Crippen LogP contribution < -0.4 is 14.4 Å². The lowest BCUT2D eigenvalue weighted by molar-refractivity contribution is -0.137. The van der Waals surface area contributed by atoms with Crippen LogP contribution in [0.4, 0.5) is 5.69 Å². The van der Waals surface area contributed by atoms with E-state index in [0.717, 1.165) is 18.7 Å². The molecule has 182 valence electrons. The van der Waals surface area contributed by atoms with Crippen LogP contribution in [0.2, 0.25) is 0 Å². The van der Waals surface area contributed by atoms with Crippen molar-refractivity contribution >= 4 is 17.5 Å². The highest BCUT2D eigenvalue weighted by atomic mass is 16.5. The number of morpholine rings is 1. The maximum absolute atomic E-state index is 13.2. The summed E-state index contributed by atoms with van der Waals surface area (Å²) in [4.78, 5) is 31.4. The molecule has 0 bridgehead atoms. The van der Waals surface area contributed by atoms with Gasteiger partial charge in [-0.2, -0.15) is 0 Å². The minimum Gasteiger partial charge on any atom is -0.493 e. The summed E-state index contributed by atoms with van der Waals surface area (Å²) in [7, 11) is 3.33. The van der Waals surface area contributed by atoms with Gasteiger partial charge in [0.15, 0.2) is 18.1 Å². The molecule has 8 nitrogen and oxygen atoms in total. The molecule has 2 saturated heterocycles. The zero-order chi connectivity index (χ0) is 23.9. The second-order valence-electron chi connectivity index (χ2n) is 8.63. The Morgan fingerprint density at radius 1 is 1.00 bits per heavy atom. The Bertz CT molecular complexity index is 1000. The second-order valence-corrected chi connectivity index (χ2v) is 8.63. The zero-order valence-corrected chi connectivity index (χ0v) is 20.0. The Labute approximate surface area is 201 Å². The van der Waals surface area contributed by atoms with Gasteiger partial charge in [-0.1, -0.05) is 18.2 Å². The lowest BCUT2D eigenvalue weighted by Gasteiger charge is -2.26. The zero-order valence-electron chi connectivity index (χ0n) is 20.0. The van der Waals surface area contributed by atoms with E-state index in [0.29, 0.717) is 49.9 Å². The van der Waals surface area contributed by atoms with Crippen LogP contribution in [0.15, 0.2) is 42.5 Å². The molecule has 2 amide bonds. The first-order valence-corrected chi connectivity index (χ1v) is 11.8. The summed E-state index contributed by atoms with van der Waals surface area (Å²) in [6, 6.07) is 13.3.